The molecule has 0 heterocycles. The molecule has 0 amide bonds. The summed E-state index contributed by atoms with van der Waals surface area (Å²) in [4.78, 5) is 0. The molecule has 0 aliphatic heterocycles. The van der Waals surface area contributed by atoms with E-state index in [1.165, 1.54) is 6.07 Å². The number of hydrogen-bond acceptors (Lipinski definition) is 4. The fourth-order valence-electron chi connectivity index (χ4n) is 2.00. The predicted octanol–water partition coefficient (Wildman–Crippen LogP) is 6.11. The van der Waals surface area contributed by atoms with Crippen molar-refractivity contribution in [3.63, 3.8) is 0 Å². The van der Waals surface area contributed by atoms with E-state index in [-0.39, 0.29) is 10.8 Å². The Morgan fingerprint density at radius 1 is 1.04 bits per heavy atom. The fourth-order valence-corrected chi connectivity index (χ4v) is 3.67. The number of rotatable bonds is 4. The van der Waals surface area contributed by atoms with Crippen molar-refractivity contribution in [3.05, 3.63) is 35.4 Å². The van der Waals surface area contributed by atoms with Crippen LogP contribution in [-0.2, 0) is 10.1 Å². The molecule has 4 nitrogen and oxygen atoms in total. The molecule has 0 spiro atoms. The Kier molecular flexibility index (Phi) is 5.55. The van der Waals surface area contributed by atoms with Crippen molar-refractivity contribution in [1.29, 1.82) is 0 Å². The SMILES string of the molecule is CC(C)(C)[Si](C)(C)Oc1c(OS(=O)(=O)C(F)(F)F)ccc2cc(Cl)ccc12. The second-order valence-corrected chi connectivity index (χ2v) is 14.3. The van der Waals surface area contributed by atoms with Gasteiger partial charge in [0, 0.05) is 10.4 Å². The third kappa shape index (κ3) is 4.52. The van der Waals surface area contributed by atoms with Gasteiger partial charge in [-0.05, 0) is 47.8 Å². The van der Waals surface area contributed by atoms with Gasteiger partial charge in [-0.2, -0.15) is 21.6 Å². The first-order valence-electron chi connectivity index (χ1n) is 7.97. The van der Waals surface area contributed by atoms with Crippen LogP contribution in [0.1, 0.15) is 20.8 Å². The zero-order valence-electron chi connectivity index (χ0n) is 15.4. The smallest absolute Gasteiger partial charge is 0.534 e. The van der Waals surface area contributed by atoms with E-state index in [2.05, 4.69) is 4.18 Å². The third-order valence-electron chi connectivity index (χ3n) is 4.54. The van der Waals surface area contributed by atoms with Crippen LogP contribution in [0, 0.1) is 0 Å². The summed E-state index contributed by atoms with van der Waals surface area (Å²) in [6.45, 7) is 9.64. The molecule has 0 aromatic heterocycles. The Labute approximate surface area is 162 Å². The summed E-state index contributed by atoms with van der Waals surface area (Å²) in [5.41, 5.74) is -5.55. The summed E-state index contributed by atoms with van der Waals surface area (Å²) in [5.74, 6) is -0.546. The van der Waals surface area contributed by atoms with Crippen LogP contribution < -0.4 is 8.61 Å². The first kappa shape index (κ1) is 21.8. The average Bonchev–Trinajstić information content (AvgIpc) is 2.46. The molecule has 2 rings (SSSR count). The maximum Gasteiger partial charge on any atom is 0.534 e. The number of hydrogen-bond donors (Lipinski definition) is 0. The molecule has 0 saturated heterocycles. The Morgan fingerprint density at radius 2 is 1.63 bits per heavy atom. The predicted molar refractivity (Wildman–Crippen MR) is 102 cm³/mol. The first-order valence-corrected chi connectivity index (χ1v) is 12.7. The highest BCUT2D eigenvalue weighted by molar-refractivity contribution is 7.88. The Hall–Kier alpha value is -1.45. The molecule has 27 heavy (non-hydrogen) atoms. The zero-order valence-corrected chi connectivity index (χ0v) is 18.0. The van der Waals surface area contributed by atoms with E-state index in [4.69, 9.17) is 16.0 Å². The van der Waals surface area contributed by atoms with Crippen LogP contribution in [0.4, 0.5) is 13.2 Å². The molecular weight excluding hydrogens is 421 g/mol. The minimum Gasteiger partial charge on any atom is -0.541 e. The maximum absolute atomic E-state index is 12.8. The second-order valence-electron chi connectivity index (χ2n) is 7.60. The normalized spacial score (nSPS) is 13.7. The van der Waals surface area contributed by atoms with Crippen molar-refractivity contribution >= 4 is 40.8 Å². The lowest BCUT2D eigenvalue weighted by molar-refractivity contribution is -0.0500. The maximum atomic E-state index is 12.8. The second kappa shape index (κ2) is 6.86. The topological polar surface area (TPSA) is 52.6 Å². The number of alkyl halides is 3. The number of fused-ring (bicyclic) bond motifs is 1. The molecule has 0 unspecified atom stereocenters. The van der Waals surface area contributed by atoms with Crippen molar-refractivity contribution in [2.45, 2.75) is 44.4 Å². The van der Waals surface area contributed by atoms with E-state index in [0.29, 0.717) is 15.8 Å². The minimum absolute atomic E-state index is 0.0383. The van der Waals surface area contributed by atoms with E-state index in [9.17, 15) is 21.6 Å². The molecule has 2 aromatic carbocycles. The van der Waals surface area contributed by atoms with Gasteiger partial charge in [0.05, 0.1) is 0 Å². The third-order valence-corrected chi connectivity index (χ3v) is 10.1. The van der Waals surface area contributed by atoms with Gasteiger partial charge < -0.3 is 8.61 Å². The molecule has 0 N–H and O–H groups in total. The van der Waals surface area contributed by atoms with Gasteiger partial charge in [-0.25, -0.2) is 0 Å². The van der Waals surface area contributed by atoms with Gasteiger partial charge in [-0.3, -0.25) is 0 Å². The van der Waals surface area contributed by atoms with E-state index >= 15 is 0 Å². The highest BCUT2D eigenvalue weighted by atomic mass is 35.5. The van der Waals surface area contributed by atoms with Gasteiger partial charge in [-0.1, -0.05) is 38.4 Å². The van der Waals surface area contributed by atoms with Crippen molar-refractivity contribution in [2.24, 2.45) is 0 Å². The van der Waals surface area contributed by atoms with Gasteiger partial charge in [0.15, 0.2) is 11.5 Å². The molecule has 0 fully saturated rings. The van der Waals surface area contributed by atoms with Crippen LogP contribution >= 0.6 is 11.6 Å². The molecule has 150 valence electrons. The average molecular weight is 441 g/mol. The monoisotopic (exact) mass is 440 g/mol. The molecular formula is C17H20ClF3O4SSi. The van der Waals surface area contributed by atoms with E-state index in [1.54, 1.807) is 18.2 Å². The molecule has 10 heteroatoms. The summed E-state index contributed by atoms with van der Waals surface area (Å²) in [6.07, 6.45) is 0. The van der Waals surface area contributed by atoms with Crippen molar-refractivity contribution < 1.29 is 30.2 Å². The van der Waals surface area contributed by atoms with Crippen LogP contribution in [-0.4, -0.2) is 22.2 Å². The molecule has 2 aromatic rings. The summed E-state index contributed by atoms with van der Waals surface area (Å²) in [6, 6.07) is 7.29. The molecule has 0 aliphatic rings. The quantitative estimate of drug-likeness (QED) is 0.327. The summed E-state index contributed by atoms with van der Waals surface area (Å²) >= 11 is 5.97. The minimum atomic E-state index is -5.83. The zero-order chi connectivity index (χ0) is 20.8. The summed E-state index contributed by atoms with van der Waals surface area (Å²) in [5, 5.41) is 1.16. The van der Waals surface area contributed by atoms with Gasteiger partial charge in [0.2, 0.25) is 0 Å². The molecule has 0 aliphatic carbocycles. The van der Waals surface area contributed by atoms with Crippen LogP contribution in [0.2, 0.25) is 23.2 Å². The van der Waals surface area contributed by atoms with E-state index in [0.717, 1.165) is 6.07 Å². The Bertz CT molecular complexity index is 967. The Morgan fingerprint density at radius 3 is 2.15 bits per heavy atom. The van der Waals surface area contributed by atoms with Crippen LogP contribution in [0.25, 0.3) is 10.8 Å². The number of halogens is 4. The van der Waals surface area contributed by atoms with Crippen LogP contribution in [0.3, 0.4) is 0 Å². The van der Waals surface area contributed by atoms with Crippen molar-refractivity contribution in [2.75, 3.05) is 0 Å². The lowest BCUT2D eigenvalue weighted by atomic mass is 10.1. The first-order chi connectivity index (χ1) is 12.1. The highest BCUT2D eigenvalue weighted by Crippen LogP contribution is 2.44. The van der Waals surface area contributed by atoms with E-state index in [1.807, 2.05) is 33.9 Å². The largest absolute Gasteiger partial charge is 0.541 e. The van der Waals surface area contributed by atoms with Crippen molar-refractivity contribution in [1.82, 2.24) is 0 Å². The highest BCUT2D eigenvalue weighted by Gasteiger charge is 2.49. The van der Waals surface area contributed by atoms with Gasteiger partial charge in [0.25, 0.3) is 8.32 Å². The lowest BCUT2D eigenvalue weighted by Gasteiger charge is -2.37. The molecule has 0 bridgehead atoms. The van der Waals surface area contributed by atoms with Crippen LogP contribution in [0.15, 0.2) is 30.3 Å². The summed E-state index contributed by atoms with van der Waals surface area (Å²) in [7, 11) is -8.35. The standard InChI is InChI=1S/C17H20ClF3O4SSi/c1-16(2,3)27(4,5)25-15-13-8-7-12(18)10-11(13)6-9-14(15)24-26(22,23)17(19,20)21/h6-10H,1-5H3. The lowest BCUT2D eigenvalue weighted by Crippen LogP contribution is -2.44. The molecule has 0 atom stereocenters. The van der Waals surface area contributed by atoms with E-state index < -0.39 is 29.7 Å². The fraction of sp³-hybridized carbons (Fsp3) is 0.412. The molecule has 0 saturated carbocycles. The molecule has 0 radical (unpaired) electrons. The van der Waals surface area contributed by atoms with Gasteiger partial charge in [0.1, 0.15) is 0 Å². The Balaban J connectivity index is 2.69. The van der Waals surface area contributed by atoms with Crippen molar-refractivity contribution in [3.8, 4) is 11.5 Å². The number of benzene rings is 2. The van der Waals surface area contributed by atoms with Gasteiger partial charge in [-0.15, -0.1) is 0 Å². The summed E-state index contributed by atoms with van der Waals surface area (Å²) < 4.78 is 71.9. The van der Waals surface area contributed by atoms with Gasteiger partial charge >= 0.3 is 15.6 Å². The van der Waals surface area contributed by atoms with Crippen LogP contribution in [0.5, 0.6) is 11.5 Å².